The fourth-order valence-corrected chi connectivity index (χ4v) is 3.98. The number of allylic oxidation sites excluding steroid dienone is 2. The molecule has 3 nitrogen and oxygen atoms in total. The van der Waals surface area contributed by atoms with E-state index in [1.165, 1.54) is 33.4 Å². The van der Waals surface area contributed by atoms with Gasteiger partial charge >= 0.3 is 5.97 Å². The standard InChI is InChI=1S/C32H36O3/c1-8-24-11-13-27(14-12-24)30-19-26(10-3)31(20-25(30)9-2)28-15-17-29(18-16-28)34-22(6)23(7)35-32(33)21(4)5/h11-20H,4,8-10H2,1-3,5-7H3/b23-22+. The quantitative estimate of drug-likeness (QED) is 0.179. The van der Waals surface area contributed by atoms with Gasteiger partial charge in [0.15, 0.2) is 0 Å². The summed E-state index contributed by atoms with van der Waals surface area (Å²) in [7, 11) is 0. The second-order valence-electron chi connectivity index (χ2n) is 8.83. The summed E-state index contributed by atoms with van der Waals surface area (Å²) in [6.45, 7) is 15.3. The number of hydrogen-bond acceptors (Lipinski definition) is 3. The zero-order valence-electron chi connectivity index (χ0n) is 21.8. The van der Waals surface area contributed by atoms with Gasteiger partial charge in [-0.25, -0.2) is 4.79 Å². The minimum Gasteiger partial charge on any atom is -0.459 e. The zero-order chi connectivity index (χ0) is 25.5. The lowest BCUT2D eigenvalue weighted by molar-refractivity contribution is -0.135. The Morgan fingerprint density at radius 3 is 1.63 bits per heavy atom. The molecule has 0 radical (unpaired) electrons. The van der Waals surface area contributed by atoms with Crippen molar-refractivity contribution in [3.05, 3.63) is 101 Å². The van der Waals surface area contributed by atoms with Crippen LogP contribution in [0.5, 0.6) is 5.75 Å². The van der Waals surface area contributed by atoms with E-state index in [2.05, 4.69) is 75.9 Å². The summed E-state index contributed by atoms with van der Waals surface area (Å²) in [5.41, 5.74) is 9.37. The van der Waals surface area contributed by atoms with Crippen LogP contribution in [0, 0.1) is 0 Å². The van der Waals surface area contributed by atoms with Crippen LogP contribution in [0.15, 0.2) is 84.3 Å². The molecule has 0 amide bonds. The number of hydrogen-bond donors (Lipinski definition) is 0. The third-order valence-electron chi connectivity index (χ3n) is 6.29. The van der Waals surface area contributed by atoms with Gasteiger partial charge in [-0.05, 0) is 91.1 Å². The number of carbonyl (C=O) groups excluding carboxylic acids is 1. The Bertz CT molecular complexity index is 1230. The molecule has 0 unspecified atom stereocenters. The first-order valence-electron chi connectivity index (χ1n) is 12.4. The number of esters is 1. The molecular weight excluding hydrogens is 432 g/mol. The molecule has 0 aliphatic rings. The average Bonchev–Trinajstić information content (AvgIpc) is 2.88. The smallest absolute Gasteiger partial charge is 0.338 e. The normalized spacial score (nSPS) is 11.6. The van der Waals surface area contributed by atoms with Crippen LogP contribution in [0.3, 0.4) is 0 Å². The maximum absolute atomic E-state index is 11.8. The van der Waals surface area contributed by atoms with Gasteiger partial charge in [0.2, 0.25) is 0 Å². The highest BCUT2D eigenvalue weighted by Crippen LogP contribution is 2.34. The summed E-state index contributed by atoms with van der Waals surface area (Å²) < 4.78 is 11.2. The molecule has 0 atom stereocenters. The van der Waals surface area contributed by atoms with E-state index in [0.29, 0.717) is 22.8 Å². The van der Waals surface area contributed by atoms with Gasteiger partial charge in [0.05, 0.1) is 0 Å². The van der Waals surface area contributed by atoms with Crippen molar-refractivity contribution < 1.29 is 14.3 Å². The third kappa shape index (κ3) is 6.30. The predicted octanol–water partition coefficient (Wildman–Crippen LogP) is 8.46. The number of benzene rings is 3. The van der Waals surface area contributed by atoms with Crippen LogP contribution in [0.1, 0.15) is 58.2 Å². The Morgan fingerprint density at radius 1 is 0.714 bits per heavy atom. The second-order valence-corrected chi connectivity index (χ2v) is 8.83. The lowest BCUT2D eigenvalue weighted by atomic mass is 9.88. The van der Waals surface area contributed by atoms with Crippen LogP contribution in [0.2, 0.25) is 0 Å². The Hall–Kier alpha value is -3.59. The number of carbonyl (C=O) groups is 1. The Labute approximate surface area is 210 Å². The Kier molecular flexibility index (Phi) is 8.70. The summed E-state index contributed by atoms with van der Waals surface area (Å²) in [4.78, 5) is 11.8. The molecule has 0 spiro atoms. The Balaban J connectivity index is 1.89. The maximum atomic E-state index is 11.8. The van der Waals surface area contributed by atoms with Crippen LogP contribution >= 0.6 is 0 Å². The highest BCUT2D eigenvalue weighted by Gasteiger charge is 2.13. The summed E-state index contributed by atoms with van der Waals surface area (Å²) in [6, 6.07) is 21.7. The number of ether oxygens (including phenoxy) is 2. The van der Waals surface area contributed by atoms with Crippen molar-refractivity contribution in [2.24, 2.45) is 0 Å². The van der Waals surface area contributed by atoms with Gasteiger partial charge in [-0.15, -0.1) is 0 Å². The molecule has 3 rings (SSSR count). The molecule has 3 heteroatoms. The van der Waals surface area contributed by atoms with E-state index in [1.54, 1.807) is 20.8 Å². The van der Waals surface area contributed by atoms with Crippen molar-refractivity contribution in [1.82, 2.24) is 0 Å². The average molecular weight is 469 g/mol. The summed E-state index contributed by atoms with van der Waals surface area (Å²) in [6.07, 6.45) is 2.97. The second kappa shape index (κ2) is 11.7. The highest BCUT2D eigenvalue weighted by molar-refractivity contribution is 5.87. The molecule has 0 N–H and O–H groups in total. The van der Waals surface area contributed by atoms with E-state index < -0.39 is 5.97 Å². The van der Waals surface area contributed by atoms with Crippen LogP contribution in [-0.4, -0.2) is 5.97 Å². The highest BCUT2D eigenvalue weighted by atomic mass is 16.6. The third-order valence-corrected chi connectivity index (χ3v) is 6.29. The molecule has 0 fully saturated rings. The fraction of sp³-hybridized carbons (Fsp3) is 0.281. The Morgan fingerprint density at radius 2 is 1.20 bits per heavy atom. The van der Waals surface area contributed by atoms with E-state index in [9.17, 15) is 4.79 Å². The van der Waals surface area contributed by atoms with Gasteiger partial charge < -0.3 is 9.47 Å². The topological polar surface area (TPSA) is 35.5 Å². The molecule has 0 saturated heterocycles. The van der Waals surface area contributed by atoms with Crippen molar-refractivity contribution in [3.8, 4) is 28.0 Å². The maximum Gasteiger partial charge on any atom is 0.338 e. The predicted molar refractivity (Wildman–Crippen MR) is 145 cm³/mol. The van der Waals surface area contributed by atoms with Crippen LogP contribution in [-0.2, 0) is 28.8 Å². The summed E-state index contributed by atoms with van der Waals surface area (Å²) >= 11 is 0. The molecule has 0 saturated carbocycles. The molecular formula is C32H36O3. The molecule has 0 heterocycles. The summed E-state index contributed by atoms with van der Waals surface area (Å²) in [5, 5.41) is 0. The van der Waals surface area contributed by atoms with Gasteiger partial charge in [0.1, 0.15) is 17.3 Å². The first-order valence-corrected chi connectivity index (χ1v) is 12.4. The van der Waals surface area contributed by atoms with Crippen LogP contribution in [0.4, 0.5) is 0 Å². The SMILES string of the molecule is C=C(C)C(=O)O/C(C)=C(\C)Oc1ccc(-c2cc(CC)c(-c3ccc(CC)cc3)cc2CC)cc1. The first kappa shape index (κ1) is 26.0. The van der Waals surface area contributed by atoms with Gasteiger partial charge in [-0.3, -0.25) is 0 Å². The fourth-order valence-electron chi connectivity index (χ4n) is 3.98. The minimum atomic E-state index is -0.454. The monoisotopic (exact) mass is 468 g/mol. The first-order chi connectivity index (χ1) is 16.8. The number of rotatable bonds is 9. The van der Waals surface area contributed by atoms with Crippen molar-refractivity contribution in [2.75, 3.05) is 0 Å². The largest absolute Gasteiger partial charge is 0.459 e. The molecule has 0 aromatic heterocycles. The molecule has 0 aliphatic heterocycles. The number of aryl methyl sites for hydroxylation is 3. The minimum absolute atomic E-state index is 0.351. The van der Waals surface area contributed by atoms with Crippen molar-refractivity contribution in [1.29, 1.82) is 0 Å². The van der Waals surface area contributed by atoms with Crippen molar-refractivity contribution in [3.63, 3.8) is 0 Å². The van der Waals surface area contributed by atoms with Crippen molar-refractivity contribution in [2.45, 2.75) is 60.8 Å². The van der Waals surface area contributed by atoms with Crippen molar-refractivity contribution >= 4 is 5.97 Å². The molecule has 3 aromatic rings. The van der Waals surface area contributed by atoms with Gasteiger partial charge in [-0.2, -0.15) is 0 Å². The van der Waals surface area contributed by atoms with E-state index in [1.807, 2.05) is 12.1 Å². The molecule has 0 bridgehead atoms. The van der Waals surface area contributed by atoms with E-state index in [4.69, 9.17) is 9.47 Å². The zero-order valence-corrected chi connectivity index (χ0v) is 21.8. The van der Waals surface area contributed by atoms with Crippen LogP contribution in [0.25, 0.3) is 22.3 Å². The molecule has 35 heavy (non-hydrogen) atoms. The molecule has 3 aromatic carbocycles. The van der Waals surface area contributed by atoms with Crippen LogP contribution < -0.4 is 4.74 Å². The van der Waals surface area contributed by atoms with E-state index >= 15 is 0 Å². The summed E-state index contributed by atoms with van der Waals surface area (Å²) in [5.74, 6) is 1.20. The lowest BCUT2D eigenvalue weighted by Crippen LogP contribution is -2.06. The van der Waals surface area contributed by atoms with E-state index in [-0.39, 0.29) is 0 Å². The molecule has 0 aliphatic carbocycles. The molecule has 182 valence electrons. The van der Waals surface area contributed by atoms with Gasteiger partial charge in [0.25, 0.3) is 0 Å². The van der Waals surface area contributed by atoms with Gasteiger partial charge in [-0.1, -0.05) is 75.9 Å². The van der Waals surface area contributed by atoms with Gasteiger partial charge in [0, 0.05) is 5.57 Å². The van der Waals surface area contributed by atoms with E-state index in [0.717, 1.165) is 24.8 Å². The lowest BCUT2D eigenvalue weighted by Gasteiger charge is -2.17.